The largest absolute Gasteiger partial charge is 0.449 e. The minimum absolute atomic E-state index is 0.113. The van der Waals surface area contributed by atoms with Gasteiger partial charge in [-0.2, -0.15) is 0 Å². The second-order valence-electron chi connectivity index (χ2n) is 5.73. The summed E-state index contributed by atoms with van der Waals surface area (Å²) in [6, 6.07) is 13.4. The molecule has 0 aromatic heterocycles. The van der Waals surface area contributed by atoms with Crippen molar-refractivity contribution in [3.63, 3.8) is 0 Å². The molecule has 0 radical (unpaired) electrons. The third-order valence-electron chi connectivity index (χ3n) is 3.76. The smallest absolute Gasteiger partial charge is 0.341 e. The van der Waals surface area contributed by atoms with E-state index in [4.69, 9.17) is 16.3 Å². The van der Waals surface area contributed by atoms with E-state index in [-0.39, 0.29) is 16.5 Å². The van der Waals surface area contributed by atoms with Crippen LogP contribution in [0.1, 0.15) is 35.7 Å². The number of nitrogens with one attached hydrogen (secondary N) is 1. The second-order valence-corrected chi connectivity index (χ2v) is 6.17. The van der Waals surface area contributed by atoms with Crippen molar-refractivity contribution in [3.05, 3.63) is 70.5 Å². The molecule has 0 saturated heterocycles. The maximum Gasteiger partial charge on any atom is 0.341 e. The van der Waals surface area contributed by atoms with Crippen molar-refractivity contribution in [1.29, 1.82) is 0 Å². The molecule has 2 aromatic rings. The molecule has 2 rings (SSSR count). The summed E-state index contributed by atoms with van der Waals surface area (Å²) in [5.74, 6) is -2.03. The van der Waals surface area contributed by atoms with Crippen molar-refractivity contribution in [2.24, 2.45) is 0 Å². The summed E-state index contributed by atoms with van der Waals surface area (Å²) in [7, 11) is 0. The minimum atomic E-state index is -1.04. The topological polar surface area (TPSA) is 55.4 Å². The van der Waals surface area contributed by atoms with Gasteiger partial charge in [-0.1, -0.05) is 48.9 Å². The number of carbonyl (C=O) groups is 2. The lowest BCUT2D eigenvalue weighted by Crippen LogP contribution is -2.37. The number of hydrogen-bond donors (Lipinski definition) is 1. The van der Waals surface area contributed by atoms with Crippen molar-refractivity contribution in [2.75, 3.05) is 6.54 Å². The Morgan fingerprint density at radius 2 is 1.84 bits per heavy atom. The first-order valence-corrected chi connectivity index (χ1v) is 8.25. The van der Waals surface area contributed by atoms with E-state index < -0.39 is 23.8 Å². The van der Waals surface area contributed by atoms with Crippen LogP contribution in [0.4, 0.5) is 4.39 Å². The summed E-state index contributed by atoms with van der Waals surface area (Å²) >= 11 is 5.64. The molecule has 2 aromatic carbocycles. The molecule has 0 spiro atoms. The lowest BCUT2D eigenvalue weighted by molar-refractivity contribution is -0.129. The third-order valence-corrected chi connectivity index (χ3v) is 3.99. The van der Waals surface area contributed by atoms with Gasteiger partial charge in [0.25, 0.3) is 5.91 Å². The van der Waals surface area contributed by atoms with E-state index in [1.807, 2.05) is 37.3 Å². The van der Waals surface area contributed by atoms with Crippen LogP contribution in [0.5, 0.6) is 0 Å². The van der Waals surface area contributed by atoms with Crippen molar-refractivity contribution in [3.8, 4) is 0 Å². The first-order chi connectivity index (χ1) is 11.9. The van der Waals surface area contributed by atoms with E-state index in [2.05, 4.69) is 5.32 Å². The first-order valence-electron chi connectivity index (χ1n) is 7.87. The van der Waals surface area contributed by atoms with Gasteiger partial charge in [0, 0.05) is 11.6 Å². The van der Waals surface area contributed by atoms with Crippen molar-refractivity contribution < 1.29 is 18.7 Å². The Labute approximate surface area is 150 Å². The van der Waals surface area contributed by atoms with E-state index in [1.54, 1.807) is 0 Å². The molecular formula is C19H19ClFNO3. The standard InChI is InChI=1S/C19H19ClFNO3/c1-12(14-6-4-3-5-7-14)11-22-18(23)13(2)25-19(24)16-9-8-15(20)10-17(16)21/h3-10,12-13H,11H2,1-2H3,(H,22,23)/t12-,13-/m1/s1. The van der Waals surface area contributed by atoms with Gasteiger partial charge < -0.3 is 10.1 Å². The summed E-state index contributed by atoms with van der Waals surface area (Å²) < 4.78 is 18.7. The van der Waals surface area contributed by atoms with Crippen molar-refractivity contribution in [1.82, 2.24) is 5.32 Å². The van der Waals surface area contributed by atoms with Crippen LogP contribution in [0, 0.1) is 5.82 Å². The molecule has 6 heteroatoms. The van der Waals surface area contributed by atoms with Crippen LogP contribution in [0.2, 0.25) is 5.02 Å². The Morgan fingerprint density at radius 3 is 2.48 bits per heavy atom. The number of benzene rings is 2. The van der Waals surface area contributed by atoms with Gasteiger partial charge in [-0.05, 0) is 36.6 Å². The maximum atomic E-state index is 13.7. The summed E-state index contributed by atoms with van der Waals surface area (Å²) in [5, 5.41) is 2.91. The summed E-state index contributed by atoms with van der Waals surface area (Å²) in [4.78, 5) is 24.0. The van der Waals surface area contributed by atoms with E-state index in [9.17, 15) is 14.0 Å². The molecule has 132 valence electrons. The Balaban J connectivity index is 1.88. The predicted molar refractivity (Wildman–Crippen MR) is 94.2 cm³/mol. The first kappa shape index (κ1) is 18.9. The highest BCUT2D eigenvalue weighted by molar-refractivity contribution is 6.30. The number of amides is 1. The van der Waals surface area contributed by atoms with Crippen LogP contribution in [0.15, 0.2) is 48.5 Å². The highest BCUT2D eigenvalue weighted by Crippen LogP contribution is 2.16. The van der Waals surface area contributed by atoms with Crippen LogP contribution in [0.25, 0.3) is 0 Å². The van der Waals surface area contributed by atoms with E-state index >= 15 is 0 Å². The van der Waals surface area contributed by atoms with Crippen LogP contribution in [0.3, 0.4) is 0 Å². The molecule has 0 aliphatic heterocycles. The Hall–Kier alpha value is -2.40. The Kier molecular flexibility index (Phi) is 6.53. The average Bonchev–Trinajstić information content (AvgIpc) is 2.59. The normalized spacial score (nSPS) is 13.0. The number of ether oxygens (including phenoxy) is 1. The summed E-state index contributed by atoms with van der Waals surface area (Å²) in [6.45, 7) is 3.82. The fraction of sp³-hybridized carbons (Fsp3) is 0.263. The summed E-state index contributed by atoms with van der Waals surface area (Å²) in [6.07, 6.45) is -1.04. The van der Waals surface area contributed by atoms with Crippen LogP contribution in [-0.4, -0.2) is 24.5 Å². The zero-order valence-electron chi connectivity index (χ0n) is 14.0. The van der Waals surface area contributed by atoms with Gasteiger partial charge in [0.1, 0.15) is 5.82 Å². The molecule has 0 aliphatic rings. The molecule has 0 unspecified atom stereocenters. The molecule has 1 amide bonds. The van der Waals surface area contributed by atoms with Crippen LogP contribution in [-0.2, 0) is 9.53 Å². The number of carbonyl (C=O) groups excluding carboxylic acids is 2. The maximum absolute atomic E-state index is 13.7. The molecule has 1 N–H and O–H groups in total. The lowest BCUT2D eigenvalue weighted by Gasteiger charge is -2.17. The number of rotatable bonds is 6. The highest BCUT2D eigenvalue weighted by atomic mass is 35.5. The van der Waals surface area contributed by atoms with Crippen LogP contribution >= 0.6 is 11.6 Å². The lowest BCUT2D eigenvalue weighted by atomic mass is 10.0. The molecular weight excluding hydrogens is 345 g/mol. The SMILES string of the molecule is C[C@H](CNC(=O)[C@@H](C)OC(=O)c1ccc(Cl)cc1F)c1ccccc1. The van der Waals surface area contributed by atoms with Gasteiger partial charge in [0.2, 0.25) is 0 Å². The van der Waals surface area contributed by atoms with Crippen molar-refractivity contribution in [2.45, 2.75) is 25.9 Å². The number of esters is 1. The zero-order valence-corrected chi connectivity index (χ0v) is 14.7. The second kappa shape index (κ2) is 8.62. The fourth-order valence-corrected chi connectivity index (χ4v) is 2.39. The fourth-order valence-electron chi connectivity index (χ4n) is 2.23. The predicted octanol–water partition coefficient (Wildman–Crippen LogP) is 3.94. The molecule has 0 aliphatic carbocycles. The van der Waals surface area contributed by atoms with Gasteiger partial charge in [-0.25, -0.2) is 9.18 Å². The molecule has 0 heterocycles. The number of hydrogen-bond acceptors (Lipinski definition) is 3. The zero-order chi connectivity index (χ0) is 18.4. The Morgan fingerprint density at radius 1 is 1.16 bits per heavy atom. The monoisotopic (exact) mass is 363 g/mol. The Bertz CT molecular complexity index is 752. The van der Waals surface area contributed by atoms with Crippen LogP contribution < -0.4 is 5.32 Å². The van der Waals surface area contributed by atoms with Gasteiger partial charge in [0.05, 0.1) is 5.56 Å². The quantitative estimate of drug-likeness (QED) is 0.791. The molecule has 0 fully saturated rings. The number of halogens is 2. The molecule has 2 atom stereocenters. The van der Waals surface area contributed by atoms with E-state index in [0.717, 1.165) is 11.6 Å². The van der Waals surface area contributed by atoms with E-state index in [0.29, 0.717) is 6.54 Å². The van der Waals surface area contributed by atoms with Gasteiger partial charge in [-0.15, -0.1) is 0 Å². The molecule has 0 bridgehead atoms. The highest BCUT2D eigenvalue weighted by Gasteiger charge is 2.21. The van der Waals surface area contributed by atoms with Gasteiger partial charge >= 0.3 is 5.97 Å². The van der Waals surface area contributed by atoms with Gasteiger partial charge in [-0.3, -0.25) is 4.79 Å². The molecule has 4 nitrogen and oxygen atoms in total. The van der Waals surface area contributed by atoms with Gasteiger partial charge in [0.15, 0.2) is 6.10 Å². The third kappa shape index (κ3) is 5.29. The minimum Gasteiger partial charge on any atom is -0.449 e. The average molecular weight is 364 g/mol. The molecule has 0 saturated carbocycles. The van der Waals surface area contributed by atoms with E-state index in [1.165, 1.54) is 19.1 Å². The summed E-state index contributed by atoms with van der Waals surface area (Å²) in [5.41, 5.74) is 0.831. The van der Waals surface area contributed by atoms with Crippen molar-refractivity contribution >= 4 is 23.5 Å². The molecule has 25 heavy (non-hydrogen) atoms.